The van der Waals surface area contributed by atoms with Gasteiger partial charge in [-0.1, -0.05) is 0 Å². The number of aromatic nitrogens is 3. The van der Waals surface area contributed by atoms with Gasteiger partial charge in [-0.3, -0.25) is 14.7 Å². The number of anilines is 1. The number of carbonyl (C=O) groups excluding carboxylic acids is 1. The maximum absolute atomic E-state index is 13.1. The zero-order valence-corrected chi connectivity index (χ0v) is 16.3. The normalized spacial score (nSPS) is 14.8. The fourth-order valence-corrected chi connectivity index (χ4v) is 2.99. The Morgan fingerprint density at radius 1 is 1.17 bits per heavy atom. The molecule has 0 aliphatic heterocycles. The van der Waals surface area contributed by atoms with Crippen molar-refractivity contribution in [2.75, 3.05) is 5.32 Å². The van der Waals surface area contributed by atoms with Gasteiger partial charge in [0.1, 0.15) is 11.2 Å². The number of carbonyl (C=O) groups is 1. The van der Waals surface area contributed by atoms with E-state index in [-0.39, 0.29) is 23.5 Å². The van der Waals surface area contributed by atoms with Crippen molar-refractivity contribution in [1.82, 2.24) is 14.5 Å². The second kappa shape index (κ2) is 6.87. The highest BCUT2D eigenvalue weighted by Gasteiger charge is 2.34. The maximum Gasteiger partial charge on any atom is 0.433 e. The van der Waals surface area contributed by atoms with Crippen LogP contribution in [0.4, 0.5) is 19.1 Å². The Morgan fingerprint density at radius 3 is 2.41 bits per heavy atom. The summed E-state index contributed by atoms with van der Waals surface area (Å²) in [7, 11) is 0. The minimum absolute atomic E-state index is 0.00391. The second-order valence-corrected chi connectivity index (χ2v) is 7.99. The first-order valence-electron chi connectivity index (χ1n) is 8.81. The van der Waals surface area contributed by atoms with Gasteiger partial charge in [0, 0.05) is 11.1 Å². The third-order valence-electron chi connectivity index (χ3n) is 4.36. The van der Waals surface area contributed by atoms with Gasteiger partial charge in [-0.15, -0.1) is 0 Å². The third-order valence-corrected chi connectivity index (χ3v) is 4.36. The summed E-state index contributed by atoms with van der Waals surface area (Å²) in [6.45, 7) is 6.73. The SMILES string of the molecule is CC(O)(CC(=O)Nc1nc2ccc(C(F)(F)F)nc2n1C(C)(C)C)c1ccoc1. The molecule has 0 saturated carbocycles. The molecule has 1 amide bonds. The molecule has 3 rings (SSSR count). The predicted molar refractivity (Wildman–Crippen MR) is 99.1 cm³/mol. The molecule has 0 saturated heterocycles. The summed E-state index contributed by atoms with van der Waals surface area (Å²) in [5.41, 5.74) is -2.61. The molecule has 3 aromatic heterocycles. The van der Waals surface area contributed by atoms with E-state index in [1.807, 2.05) is 0 Å². The van der Waals surface area contributed by atoms with Crippen LogP contribution in [0.2, 0.25) is 0 Å². The lowest BCUT2D eigenvalue weighted by atomic mass is 9.95. The van der Waals surface area contributed by atoms with E-state index >= 15 is 0 Å². The van der Waals surface area contributed by atoms with Crippen molar-refractivity contribution in [3.63, 3.8) is 0 Å². The fraction of sp³-hybridized carbons (Fsp3) is 0.421. The monoisotopic (exact) mass is 410 g/mol. The van der Waals surface area contributed by atoms with Crippen LogP contribution in [0.25, 0.3) is 11.2 Å². The zero-order valence-electron chi connectivity index (χ0n) is 16.3. The summed E-state index contributed by atoms with van der Waals surface area (Å²) in [6, 6.07) is 3.60. The molecule has 0 aliphatic rings. The first kappa shape index (κ1) is 20.8. The molecule has 0 bridgehead atoms. The van der Waals surface area contributed by atoms with E-state index in [4.69, 9.17) is 4.42 Å². The number of alkyl halides is 3. The van der Waals surface area contributed by atoms with E-state index in [0.29, 0.717) is 5.56 Å². The molecule has 2 N–H and O–H groups in total. The Balaban J connectivity index is 1.97. The molecular formula is C19H21F3N4O3. The molecular weight excluding hydrogens is 389 g/mol. The molecule has 7 nitrogen and oxygen atoms in total. The van der Waals surface area contributed by atoms with Crippen molar-refractivity contribution >= 4 is 23.0 Å². The van der Waals surface area contributed by atoms with Gasteiger partial charge in [0.05, 0.1) is 24.5 Å². The number of furan rings is 1. The third kappa shape index (κ3) is 4.26. The van der Waals surface area contributed by atoms with Crippen molar-refractivity contribution in [2.24, 2.45) is 0 Å². The van der Waals surface area contributed by atoms with Crippen LogP contribution in [0.15, 0.2) is 35.1 Å². The van der Waals surface area contributed by atoms with Crippen LogP contribution < -0.4 is 5.32 Å². The van der Waals surface area contributed by atoms with Crippen LogP contribution in [0.5, 0.6) is 0 Å². The molecule has 156 valence electrons. The molecule has 1 atom stereocenters. The molecule has 0 fully saturated rings. The average Bonchev–Trinajstić information content (AvgIpc) is 3.19. The summed E-state index contributed by atoms with van der Waals surface area (Å²) >= 11 is 0. The van der Waals surface area contributed by atoms with Gasteiger partial charge in [0.25, 0.3) is 0 Å². The Labute approximate surface area is 164 Å². The number of rotatable bonds is 4. The highest BCUT2D eigenvalue weighted by atomic mass is 19.4. The summed E-state index contributed by atoms with van der Waals surface area (Å²) < 4.78 is 45.6. The Morgan fingerprint density at radius 2 is 1.86 bits per heavy atom. The van der Waals surface area contributed by atoms with Crippen LogP contribution in [0, 0.1) is 0 Å². The second-order valence-electron chi connectivity index (χ2n) is 7.99. The van der Waals surface area contributed by atoms with Gasteiger partial charge in [-0.2, -0.15) is 13.2 Å². The Kier molecular flexibility index (Phi) is 4.94. The number of halogens is 3. The standard InChI is InChI=1S/C19H21F3N4O3/c1-17(2,3)26-15-12(5-6-13(24-15)19(20,21)22)23-16(26)25-14(27)9-18(4,28)11-7-8-29-10-11/h5-8,10,28H,9H2,1-4H3,(H,23,25,27). The van der Waals surface area contributed by atoms with Crippen molar-refractivity contribution in [3.8, 4) is 0 Å². The van der Waals surface area contributed by atoms with Crippen LogP contribution in [-0.2, 0) is 22.1 Å². The lowest BCUT2D eigenvalue weighted by Crippen LogP contribution is -2.31. The van der Waals surface area contributed by atoms with E-state index in [2.05, 4.69) is 15.3 Å². The molecule has 29 heavy (non-hydrogen) atoms. The molecule has 3 aromatic rings. The van der Waals surface area contributed by atoms with Gasteiger partial charge in [-0.25, -0.2) is 9.97 Å². The fourth-order valence-electron chi connectivity index (χ4n) is 2.99. The van der Waals surface area contributed by atoms with Gasteiger partial charge >= 0.3 is 6.18 Å². The van der Waals surface area contributed by atoms with Gasteiger partial charge in [-0.05, 0) is 45.9 Å². The quantitative estimate of drug-likeness (QED) is 0.677. The summed E-state index contributed by atoms with van der Waals surface area (Å²) in [4.78, 5) is 20.5. The summed E-state index contributed by atoms with van der Waals surface area (Å²) in [6.07, 6.45) is -2.19. The van der Waals surface area contributed by atoms with Crippen molar-refractivity contribution in [2.45, 2.75) is 51.4 Å². The van der Waals surface area contributed by atoms with E-state index in [0.717, 1.165) is 6.07 Å². The molecule has 10 heteroatoms. The number of pyridine rings is 1. The predicted octanol–water partition coefficient (Wildman–Crippen LogP) is 4.03. The van der Waals surface area contributed by atoms with Crippen LogP contribution in [0.1, 0.15) is 45.4 Å². The van der Waals surface area contributed by atoms with Gasteiger partial charge in [0.15, 0.2) is 5.65 Å². The highest BCUT2D eigenvalue weighted by Crippen LogP contribution is 2.32. The first-order valence-corrected chi connectivity index (χ1v) is 8.81. The number of nitrogens with zero attached hydrogens (tertiary/aromatic N) is 3. The number of amides is 1. The lowest BCUT2D eigenvalue weighted by Gasteiger charge is -2.25. The largest absolute Gasteiger partial charge is 0.472 e. The first-order chi connectivity index (χ1) is 13.3. The molecule has 0 radical (unpaired) electrons. The van der Waals surface area contributed by atoms with E-state index < -0.39 is 28.9 Å². The van der Waals surface area contributed by atoms with Crippen LogP contribution >= 0.6 is 0 Å². The summed E-state index contributed by atoms with van der Waals surface area (Å²) in [5.74, 6) is -0.514. The number of fused-ring (bicyclic) bond motifs is 1. The topological polar surface area (TPSA) is 93.2 Å². The maximum atomic E-state index is 13.1. The number of aliphatic hydroxyl groups is 1. The average molecular weight is 410 g/mol. The van der Waals surface area contributed by atoms with E-state index in [1.165, 1.54) is 30.1 Å². The lowest BCUT2D eigenvalue weighted by molar-refractivity contribution is -0.141. The van der Waals surface area contributed by atoms with E-state index in [9.17, 15) is 23.1 Å². The number of hydrogen-bond acceptors (Lipinski definition) is 5. The molecule has 0 aromatic carbocycles. The van der Waals surface area contributed by atoms with Crippen LogP contribution in [-0.4, -0.2) is 25.5 Å². The van der Waals surface area contributed by atoms with Crippen LogP contribution in [0.3, 0.4) is 0 Å². The smallest absolute Gasteiger partial charge is 0.433 e. The molecule has 0 spiro atoms. The minimum atomic E-state index is -4.60. The number of hydrogen-bond donors (Lipinski definition) is 2. The summed E-state index contributed by atoms with van der Waals surface area (Å²) in [5, 5.41) is 13.1. The van der Waals surface area contributed by atoms with Crippen molar-refractivity contribution in [3.05, 3.63) is 42.0 Å². The Hall–Kier alpha value is -2.88. The zero-order chi connectivity index (χ0) is 21.6. The number of nitrogens with one attached hydrogen (secondary N) is 1. The van der Waals surface area contributed by atoms with Crippen molar-refractivity contribution in [1.29, 1.82) is 0 Å². The molecule has 0 aliphatic carbocycles. The van der Waals surface area contributed by atoms with E-state index in [1.54, 1.807) is 26.8 Å². The molecule has 1 unspecified atom stereocenters. The number of imidazole rings is 1. The Bertz CT molecular complexity index is 1030. The van der Waals surface area contributed by atoms with Gasteiger partial charge < -0.3 is 9.52 Å². The molecule has 3 heterocycles. The minimum Gasteiger partial charge on any atom is -0.472 e. The highest BCUT2D eigenvalue weighted by molar-refractivity contribution is 5.91. The van der Waals surface area contributed by atoms with Crippen molar-refractivity contribution < 1.29 is 27.5 Å². The van der Waals surface area contributed by atoms with Gasteiger partial charge in [0.2, 0.25) is 11.9 Å².